The van der Waals surface area contributed by atoms with Gasteiger partial charge in [0.15, 0.2) is 0 Å². The Bertz CT molecular complexity index is 1260. The second kappa shape index (κ2) is 9.26. The standard InChI is InChI=1S/C25H20FN3O3/c26-17-10-12-18(13-11-17)27-25(31)23(14-16-6-2-1-3-7-16)28-22-15-21(29-32)19-8-4-5-9-20(19)24(22)30/h1-13,15,23,28,30H,14H2,(H,27,31)/t23-/m1/s1. The molecule has 0 heterocycles. The number of halogens is 1. The SMILES string of the molecule is O=Nc1cc(N[C@H](Cc2ccccc2)C(=O)Nc2ccc(F)cc2)c(O)c2ccccc12. The summed E-state index contributed by atoms with van der Waals surface area (Å²) in [5, 5.41) is 20.7. The minimum atomic E-state index is -0.797. The minimum absolute atomic E-state index is 0.0827. The number of amides is 1. The number of phenols is 1. The molecule has 0 fully saturated rings. The van der Waals surface area contributed by atoms with Crippen molar-refractivity contribution in [2.45, 2.75) is 12.5 Å². The van der Waals surface area contributed by atoms with Crippen LogP contribution in [0.5, 0.6) is 5.75 Å². The molecule has 0 aromatic heterocycles. The third-order valence-electron chi connectivity index (χ3n) is 5.13. The molecule has 4 aromatic rings. The van der Waals surface area contributed by atoms with Crippen LogP contribution >= 0.6 is 0 Å². The van der Waals surface area contributed by atoms with E-state index in [9.17, 15) is 19.2 Å². The van der Waals surface area contributed by atoms with Crippen molar-refractivity contribution >= 4 is 33.7 Å². The van der Waals surface area contributed by atoms with Gasteiger partial charge in [-0.2, -0.15) is 0 Å². The first-order chi connectivity index (χ1) is 15.5. The number of anilines is 2. The van der Waals surface area contributed by atoms with Gasteiger partial charge in [-0.3, -0.25) is 4.79 Å². The Labute approximate surface area is 183 Å². The van der Waals surface area contributed by atoms with E-state index in [4.69, 9.17) is 0 Å². The Kier molecular flexibility index (Phi) is 6.07. The number of fused-ring (bicyclic) bond motifs is 1. The Morgan fingerprint density at radius 1 is 0.938 bits per heavy atom. The highest BCUT2D eigenvalue weighted by atomic mass is 19.1. The van der Waals surface area contributed by atoms with Gasteiger partial charge in [0.25, 0.3) is 0 Å². The first-order valence-electron chi connectivity index (χ1n) is 10.00. The van der Waals surface area contributed by atoms with Gasteiger partial charge in [0.1, 0.15) is 23.3 Å². The van der Waals surface area contributed by atoms with Crippen molar-refractivity contribution in [1.29, 1.82) is 0 Å². The normalized spacial score (nSPS) is 11.7. The van der Waals surface area contributed by atoms with E-state index in [0.29, 0.717) is 22.9 Å². The van der Waals surface area contributed by atoms with Gasteiger partial charge in [0.2, 0.25) is 5.91 Å². The average Bonchev–Trinajstić information content (AvgIpc) is 2.82. The fraction of sp³-hybridized carbons (Fsp3) is 0.0800. The third-order valence-corrected chi connectivity index (χ3v) is 5.13. The lowest BCUT2D eigenvalue weighted by Gasteiger charge is -2.21. The summed E-state index contributed by atoms with van der Waals surface area (Å²) < 4.78 is 13.2. The molecule has 0 saturated heterocycles. The molecule has 1 atom stereocenters. The summed E-state index contributed by atoms with van der Waals surface area (Å²) in [6.07, 6.45) is 0.310. The molecule has 6 nitrogen and oxygen atoms in total. The molecule has 0 bridgehead atoms. The number of nitroso groups, excluding NO2 is 1. The lowest BCUT2D eigenvalue weighted by atomic mass is 10.0. The summed E-state index contributed by atoms with van der Waals surface area (Å²) in [7, 11) is 0. The quantitative estimate of drug-likeness (QED) is 0.258. The molecule has 4 aromatic carbocycles. The van der Waals surface area contributed by atoms with Crippen molar-refractivity contribution in [1.82, 2.24) is 0 Å². The Balaban J connectivity index is 1.68. The van der Waals surface area contributed by atoms with E-state index < -0.39 is 11.9 Å². The lowest BCUT2D eigenvalue weighted by molar-refractivity contribution is -0.116. The number of nitrogens with one attached hydrogen (secondary N) is 2. The number of hydrogen-bond acceptors (Lipinski definition) is 5. The average molecular weight is 429 g/mol. The molecular formula is C25H20FN3O3. The van der Waals surface area contributed by atoms with Crippen LogP contribution in [-0.2, 0) is 11.2 Å². The van der Waals surface area contributed by atoms with Gasteiger partial charge in [0, 0.05) is 22.9 Å². The first kappa shape index (κ1) is 21.0. The summed E-state index contributed by atoms with van der Waals surface area (Å²) in [6, 6.07) is 22.3. The Morgan fingerprint density at radius 3 is 2.28 bits per heavy atom. The van der Waals surface area contributed by atoms with Crippen LogP contribution in [0.25, 0.3) is 10.8 Å². The monoisotopic (exact) mass is 429 g/mol. The predicted molar refractivity (Wildman–Crippen MR) is 124 cm³/mol. The number of nitrogens with zero attached hydrogens (tertiary/aromatic N) is 1. The van der Waals surface area contributed by atoms with E-state index in [-0.39, 0.29) is 23.0 Å². The van der Waals surface area contributed by atoms with Crippen LogP contribution in [-0.4, -0.2) is 17.1 Å². The zero-order valence-corrected chi connectivity index (χ0v) is 17.0. The zero-order valence-electron chi connectivity index (χ0n) is 17.0. The molecule has 0 aliphatic carbocycles. The minimum Gasteiger partial charge on any atom is -0.505 e. The smallest absolute Gasteiger partial charge is 0.247 e. The lowest BCUT2D eigenvalue weighted by Crippen LogP contribution is -2.36. The summed E-state index contributed by atoms with van der Waals surface area (Å²) in [6.45, 7) is 0. The van der Waals surface area contributed by atoms with E-state index in [2.05, 4.69) is 15.8 Å². The maximum absolute atomic E-state index is 13.2. The Hall–Kier alpha value is -4.26. The number of phenolic OH excluding ortho intramolecular Hbond substituents is 1. The van der Waals surface area contributed by atoms with E-state index >= 15 is 0 Å². The molecule has 0 aliphatic rings. The number of aromatic hydroxyl groups is 1. The van der Waals surface area contributed by atoms with Gasteiger partial charge in [-0.25, -0.2) is 4.39 Å². The second-order valence-electron chi connectivity index (χ2n) is 7.31. The highest BCUT2D eigenvalue weighted by Crippen LogP contribution is 2.39. The van der Waals surface area contributed by atoms with Gasteiger partial charge in [-0.05, 0) is 41.1 Å². The van der Waals surface area contributed by atoms with Crippen LogP contribution in [0.4, 0.5) is 21.5 Å². The predicted octanol–water partition coefficient (Wildman–Crippen LogP) is 5.74. The molecule has 4 rings (SSSR count). The third kappa shape index (κ3) is 4.57. The van der Waals surface area contributed by atoms with Gasteiger partial charge in [-0.1, -0.05) is 54.6 Å². The van der Waals surface area contributed by atoms with Crippen LogP contribution in [0, 0.1) is 10.7 Å². The molecule has 160 valence electrons. The molecule has 0 unspecified atom stereocenters. The molecule has 0 aliphatic heterocycles. The van der Waals surface area contributed by atoms with Crippen LogP contribution in [0.15, 0.2) is 90.1 Å². The van der Waals surface area contributed by atoms with Crippen LogP contribution < -0.4 is 10.6 Å². The van der Waals surface area contributed by atoms with Crippen molar-refractivity contribution in [3.63, 3.8) is 0 Å². The van der Waals surface area contributed by atoms with Crippen molar-refractivity contribution in [3.8, 4) is 5.75 Å². The van der Waals surface area contributed by atoms with Crippen molar-refractivity contribution in [2.24, 2.45) is 5.18 Å². The summed E-state index contributed by atoms with van der Waals surface area (Å²) in [4.78, 5) is 24.5. The van der Waals surface area contributed by atoms with Gasteiger partial charge in [-0.15, -0.1) is 4.91 Å². The molecule has 32 heavy (non-hydrogen) atoms. The fourth-order valence-electron chi connectivity index (χ4n) is 3.54. The second-order valence-corrected chi connectivity index (χ2v) is 7.31. The largest absolute Gasteiger partial charge is 0.505 e. The van der Waals surface area contributed by atoms with Crippen LogP contribution in [0.3, 0.4) is 0 Å². The summed E-state index contributed by atoms with van der Waals surface area (Å²) in [5.74, 6) is -0.869. The highest BCUT2D eigenvalue weighted by Gasteiger charge is 2.22. The molecule has 0 radical (unpaired) electrons. The number of carbonyl (C=O) groups is 1. The van der Waals surface area contributed by atoms with E-state index in [0.717, 1.165) is 5.56 Å². The molecule has 0 spiro atoms. The highest BCUT2D eigenvalue weighted by molar-refractivity contribution is 6.02. The molecule has 7 heteroatoms. The van der Waals surface area contributed by atoms with Gasteiger partial charge in [0.05, 0.1) is 5.69 Å². The van der Waals surface area contributed by atoms with Gasteiger partial charge >= 0.3 is 0 Å². The number of rotatable bonds is 7. The molecule has 1 amide bonds. The van der Waals surface area contributed by atoms with Crippen LogP contribution in [0.1, 0.15) is 5.56 Å². The first-order valence-corrected chi connectivity index (χ1v) is 10.00. The molecular weight excluding hydrogens is 409 g/mol. The van der Waals surface area contributed by atoms with Gasteiger partial charge < -0.3 is 15.7 Å². The van der Waals surface area contributed by atoms with E-state index in [1.54, 1.807) is 24.3 Å². The fourth-order valence-corrected chi connectivity index (χ4v) is 3.54. The van der Waals surface area contributed by atoms with E-state index in [1.807, 2.05) is 30.3 Å². The van der Waals surface area contributed by atoms with Crippen molar-refractivity contribution < 1.29 is 14.3 Å². The summed E-state index contributed by atoms with van der Waals surface area (Å²) >= 11 is 0. The summed E-state index contributed by atoms with van der Waals surface area (Å²) in [5.41, 5.74) is 1.70. The number of carbonyl (C=O) groups excluding carboxylic acids is 1. The number of hydrogen-bond donors (Lipinski definition) is 3. The Morgan fingerprint density at radius 2 is 1.59 bits per heavy atom. The molecule has 0 saturated carbocycles. The van der Waals surface area contributed by atoms with Crippen LogP contribution in [0.2, 0.25) is 0 Å². The van der Waals surface area contributed by atoms with E-state index in [1.165, 1.54) is 30.3 Å². The number of benzene rings is 4. The topological polar surface area (TPSA) is 90.8 Å². The maximum atomic E-state index is 13.2. The van der Waals surface area contributed by atoms with Crippen molar-refractivity contribution in [3.05, 3.63) is 101 Å². The zero-order chi connectivity index (χ0) is 22.5. The maximum Gasteiger partial charge on any atom is 0.247 e. The molecule has 3 N–H and O–H groups in total. The van der Waals surface area contributed by atoms with Crippen molar-refractivity contribution in [2.75, 3.05) is 10.6 Å².